The van der Waals surface area contributed by atoms with Crippen LogP contribution in [0.4, 0.5) is 5.69 Å². The van der Waals surface area contributed by atoms with Crippen LogP contribution in [0.25, 0.3) is 22.7 Å². The molecule has 1 unspecified atom stereocenters. The van der Waals surface area contributed by atoms with Gasteiger partial charge in [-0.25, -0.2) is 9.78 Å². The van der Waals surface area contributed by atoms with E-state index in [4.69, 9.17) is 5.11 Å². The predicted molar refractivity (Wildman–Crippen MR) is 87.0 cm³/mol. The number of aliphatic hydroxyl groups excluding tert-OH is 1. The van der Waals surface area contributed by atoms with Crippen LogP contribution in [0.5, 0.6) is 0 Å². The predicted octanol–water partition coefficient (Wildman–Crippen LogP) is 2.55. The molecule has 1 aromatic carbocycles. The zero-order chi connectivity index (χ0) is 16.0. The SMILES string of the molecule is O=C(O)c1ccc2c(c1)C(=Cc1c[nH]c3ncccc13)C(O)N2. The summed E-state index contributed by atoms with van der Waals surface area (Å²) in [5.74, 6) is -0.996. The van der Waals surface area contributed by atoms with E-state index < -0.39 is 12.2 Å². The molecule has 0 fully saturated rings. The Bertz CT molecular complexity index is 959. The fraction of sp³-hybridized carbons (Fsp3) is 0.0588. The van der Waals surface area contributed by atoms with Crippen molar-refractivity contribution >= 4 is 34.3 Å². The second kappa shape index (κ2) is 4.96. The maximum absolute atomic E-state index is 11.2. The van der Waals surface area contributed by atoms with Crippen molar-refractivity contribution in [1.29, 1.82) is 0 Å². The van der Waals surface area contributed by atoms with Gasteiger partial charge in [0.15, 0.2) is 6.23 Å². The molecule has 6 nitrogen and oxygen atoms in total. The number of hydrogen-bond donors (Lipinski definition) is 4. The number of carboxylic acids is 1. The van der Waals surface area contributed by atoms with Gasteiger partial charge in [0.2, 0.25) is 0 Å². The number of fused-ring (bicyclic) bond motifs is 2. The Morgan fingerprint density at radius 3 is 3.00 bits per heavy atom. The minimum absolute atomic E-state index is 0.186. The smallest absolute Gasteiger partial charge is 0.335 e. The van der Waals surface area contributed by atoms with E-state index in [-0.39, 0.29) is 5.56 Å². The average molecular weight is 307 g/mol. The molecule has 1 atom stereocenters. The van der Waals surface area contributed by atoms with Gasteiger partial charge in [0.25, 0.3) is 0 Å². The number of carboxylic acid groups (broad SMARTS) is 1. The van der Waals surface area contributed by atoms with Crippen LogP contribution < -0.4 is 5.32 Å². The van der Waals surface area contributed by atoms with Crippen LogP contribution in [0.1, 0.15) is 21.5 Å². The molecule has 0 bridgehead atoms. The van der Waals surface area contributed by atoms with Gasteiger partial charge in [-0.3, -0.25) is 0 Å². The number of aromatic nitrogens is 2. The molecule has 0 radical (unpaired) electrons. The van der Waals surface area contributed by atoms with Crippen LogP contribution in [-0.2, 0) is 0 Å². The molecule has 0 amide bonds. The zero-order valence-corrected chi connectivity index (χ0v) is 11.9. The molecule has 6 heteroatoms. The van der Waals surface area contributed by atoms with Gasteiger partial charge in [0, 0.05) is 40.2 Å². The third-order valence-electron chi connectivity index (χ3n) is 3.96. The molecule has 3 heterocycles. The Morgan fingerprint density at radius 2 is 2.17 bits per heavy atom. The van der Waals surface area contributed by atoms with E-state index in [1.807, 2.05) is 24.4 Å². The van der Waals surface area contributed by atoms with E-state index in [9.17, 15) is 9.90 Å². The lowest BCUT2D eigenvalue weighted by Crippen LogP contribution is -2.12. The number of aliphatic hydroxyl groups is 1. The van der Waals surface area contributed by atoms with Gasteiger partial charge in [0.1, 0.15) is 5.65 Å². The molecule has 23 heavy (non-hydrogen) atoms. The van der Waals surface area contributed by atoms with Crippen molar-refractivity contribution in [1.82, 2.24) is 9.97 Å². The first-order chi connectivity index (χ1) is 11.1. The molecular weight excluding hydrogens is 294 g/mol. The molecule has 2 aromatic heterocycles. The van der Waals surface area contributed by atoms with E-state index >= 15 is 0 Å². The summed E-state index contributed by atoms with van der Waals surface area (Å²) in [6.45, 7) is 0. The topological polar surface area (TPSA) is 98.2 Å². The third-order valence-corrected chi connectivity index (χ3v) is 3.96. The van der Waals surface area contributed by atoms with E-state index in [0.717, 1.165) is 16.6 Å². The highest BCUT2D eigenvalue weighted by molar-refractivity contribution is 6.00. The number of hydrogen-bond acceptors (Lipinski definition) is 4. The summed E-state index contributed by atoms with van der Waals surface area (Å²) in [4.78, 5) is 18.5. The zero-order valence-electron chi connectivity index (χ0n) is 11.9. The van der Waals surface area contributed by atoms with Gasteiger partial charge in [-0.05, 0) is 36.4 Å². The lowest BCUT2D eigenvalue weighted by Gasteiger charge is -2.05. The Kier molecular flexibility index (Phi) is 2.92. The third kappa shape index (κ3) is 2.16. The van der Waals surface area contributed by atoms with Crippen LogP contribution in [-0.4, -0.2) is 32.4 Å². The normalized spacial score (nSPS) is 18.1. The van der Waals surface area contributed by atoms with Gasteiger partial charge >= 0.3 is 5.97 Å². The number of aromatic amines is 1. The Hall–Kier alpha value is -3.12. The number of rotatable bonds is 2. The number of benzene rings is 1. The van der Waals surface area contributed by atoms with E-state index in [0.29, 0.717) is 16.8 Å². The largest absolute Gasteiger partial charge is 0.478 e. The van der Waals surface area contributed by atoms with Crippen LogP contribution >= 0.6 is 0 Å². The summed E-state index contributed by atoms with van der Waals surface area (Å²) in [5, 5.41) is 23.3. The average Bonchev–Trinajstić information content (AvgIpc) is 3.09. The van der Waals surface area contributed by atoms with Crippen LogP contribution in [0.2, 0.25) is 0 Å². The van der Waals surface area contributed by atoms with Gasteiger partial charge in [0.05, 0.1) is 5.56 Å². The van der Waals surface area contributed by atoms with Crippen molar-refractivity contribution in [3.8, 4) is 0 Å². The highest BCUT2D eigenvalue weighted by Crippen LogP contribution is 2.36. The molecular formula is C17H13N3O3. The van der Waals surface area contributed by atoms with Crippen molar-refractivity contribution in [2.24, 2.45) is 0 Å². The Labute approximate surface area is 131 Å². The number of carbonyl (C=O) groups is 1. The minimum Gasteiger partial charge on any atom is -0.478 e. The molecule has 0 saturated carbocycles. The summed E-state index contributed by atoms with van der Waals surface area (Å²) < 4.78 is 0. The Morgan fingerprint density at radius 1 is 1.30 bits per heavy atom. The van der Waals surface area contributed by atoms with Crippen molar-refractivity contribution in [3.63, 3.8) is 0 Å². The standard InChI is InChI=1S/C17H13N3O3/c21-16-13(7-10-8-19-15-11(10)2-1-5-18-15)12-6-9(17(22)23)3-4-14(12)20-16/h1-8,16,20-21H,(H,18,19)(H,22,23). The Balaban J connectivity index is 1.86. The van der Waals surface area contributed by atoms with E-state index in [1.54, 1.807) is 18.3 Å². The quantitative estimate of drug-likeness (QED) is 0.583. The second-order valence-electron chi connectivity index (χ2n) is 5.36. The molecule has 3 aromatic rings. The highest BCUT2D eigenvalue weighted by atomic mass is 16.4. The number of nitrogens with zero attached hydrogens (tertiary/aromatic N) is 1. The molecule has 4 rings (SSSR count). The van der Waals surface area contributed by atoms with Crippen LogP contribution in [0, 0.1) is 0 Å². The fourth-order valence-electron chi connectivity index (χ4n) is 2.84. The highest BCUT2D eigenvalue weighted by Gasteiger charge is 2.25. The molecule has 0 saturated heterocycles. The first-order valence-corrected chi connectivity index (χ1v) is 7.09. The summed E-state index contributed by atoms with van der Waals surface area (Å²) in [5.41, 5.74) is 3.87. The van der Waals surface area contributed by atoms with Gasteiger partial charge in [-0.15, -0.1) is 0 Å². The molecule has 0 spiro atoms. The fourth-order valence-corrected chi connectivity index (χ4v) is 2.84. The lowest BCUT2D eigenvalue weighted by atomic mass is 10.0. The van der Waals surface area contributed by atoms with E-state index in [1.165, 1.54) is 6.07 Å². The van der Waals surface area contributed by atoms with Crippen molar-refractivity contribution < 1.29 is 15.0 Å². The van der Waals surface area contributed by atoms with Crippen LogP contribution in [0.15, 0.2) is 42.7 Å². The first kappa shape index (κ1) is 13.5. The van der Waals surface area contributed by atoms with Gasteiger partial charge in [-0.1, -0.05) is 0 Å². The molecule has 114 valence electrons. The molecule has 1 aliphatic rings. The van der Waals surface area contributed by atoms with Crippen molar-refractivity contribution in [2.45, 2.75) is 6.23 Å². The molecule has 1 aliphatic heterocycles. The first-order valence-electron chi connectivity index (χ1n) is 7.09. The summed E-state index contributed by atoms with van der Waals surface area (Å²) >= 11 is 0. The van der Waals surface area contributed by atoms with Gasteiger partial charge in [-0.2, -0.15) is 0 Å². The van der Waals surface area contributed by atoms with Crippen molar-refractivity contribution in [3.05, 3.63) is 59.4 Å². The number of nitrogens with one attached hydrogen (secondary N) is 2. The maximum Gasteiger partial charge on any atom is 0.335 e. The molecule has 0 aliphatic carbocycles. The van der Waals surface area contributed by atoms with Crippen molar-refractivity contribution in [2.75, 3.05) is 5.32 Å². The summed E-state index contributed by atoms with van der Waals surface area (Å²) in [6.07, 6.45) is 4.48. The van der Waals surface area contributed by atoms with E-state index in [2.05, 4.69) is 15.3 Å². The number of anilines is 1. The lowest BCUT2D eigenvalue weighted by molar-refractivity contribution is 0.0697. The van der Waals surface area contributed by atoms with Gasteiger partial charge < -0.3 is 20.5 Å². The number of aromatic carboxylic acids is 1. The monoisotopic (exact) mass is 307 g/mol. The maximum atomic E-state index is 11.2. The number of H-pyrrole nitrogens is 1. The summed E-state index contributed by atoms with van der Waals surface area (Å²) in [7, 11) is 0. The second-order valence-corrected chi connectivity index (χ2v) is 5.36. The molecule has 4 N–H and O–H groups in total. The summed E-state index contributed by atoms with van der Waals surface area (Å²) in [6, 6.07) is 8.53. The minimum atomic E-state index is -0.996. The number of pyridine rings is 1. The van der Waals surface area contributed by atoms with Crippen LogP contribution in [0.3, 0.4) is 0 Å².